The molecule has 1 aromatic carbocycles. The zero-order valence-electron chi connectivity index (χ0n) is 13.1. The fourth-order valence-electron chi connectivity index (χ4n) is 2.83. The maximum Gasteiger partial charge on any atom is 0.234 e. The SMILES string of the molecule is COC[C@@H]1CCCN(CC(=O)NCC(=O)c2ccccc2)C1. The number of ketones is 1. The number of carbonyl (C=O) groups excluding carboxylic acids is 2. The lowest BCUT2D eigenvalue weighted by Gasteiger charge is -2.31. The third-order valence-corrected chi connectivity index (χ3v) is 3.91. The van der Waals surface area contributed by atoms with Crippen LogP contribution in [0.15, 0.2) is 30.3 Å². The third kappa shape index (κ3) is 5.24. The maximum atomic E-state index is 12.0. The van der Waals surface area contributed by atoms with E-state index in [0.717, 1.165) is 32.5 Å². The summed E-state index contributed by atoms with van der Waals surface area (Å²) in [5, 5.41) is 2.71. The van der Waals surface area contributed by atoms with Crippen molar-refractivity contribution in [3.63, 3.8) is 0 Å². The van der Waals surface area contributed by atoms with Crippen molar-refractivity contribution in [2.75, 3.05) is 39.9 Å². The largest absolute Gasteiger partial charge is 0.384 e. The Hall–Kier alpha value is -1.72. The highest BCUT2D eigenvalue weighted by atomic mass is 16.5. The molecule has 22 heavy (non-hydrogen) atoms. The Kier molecular flexibility index (Phi) is 6.55. The summed E-state index contributed by atoms with van der Waals surface area (Å²) in [5.41, 5.74) is 0.626. The van der Waals surface area contributed by atoms with Gasteiger partial charge in [-0.05, 0) is 25.3 Å². The molecule has 0 aliphatic carbocycles. The van der Waals surface area contributed by atoms with Crippen LogP contribution in [-0.4, -0.2) is 56.5 Å². The van der Waals surface area contributed by atoms with Crippen molar-refractivity contribution in [2.45, 2.75) is 12.8 Å². The van der Waals surface area contributed by atoms with Gasteiger partial charge in [0.1, 0.15) is 0 Å². The highest BCUT2D eigenvalue weighted by molar-refractivity contribution is 5.99. The minimum atomic E-state index is -0.0950. The van der Waals surface area contributed by atoms with Gasteiger partial charge < -0.3 is 10.1 Å². The van der Waals surface area contributed by atoms with Crippen LogP contribution < -0.4 is 5.32 Å². The van der Waals surface area contributed by atoms with E-state index in [-0.39, 0.29) is 18.2 Å². The summed E-state index contributed by atoms with van der Waals surface area (Å²) in [6, 6.07) is 9.02. The Labute approximate surface area is 131 Å². The van der Waals surface area contributed by atoms with E-state index < -0.39 is 0 Å². The second-order valence-corrected chi connectivity index (χ2v) is 5.76. The molecule has 2 rings (SSSR count). The first kappa shape index (κ1) is 16.6. The molecule has 1 atom stereocenters. The van der Waals surface area contributed by atoms with Gasteiger partial charge in [-0.1, -0.05) is 30.3 Å². The van der Waals surface area contributed by atoms with E-state index in [0.29, 0.717) is 18.0 Å². The molecule has 1 N–H and O–H groups in total. The number of piperidine rings is 1. The summed E-state index contributed by atoms with van der Waals surface area (Å²) >= 11 is 0. The summed E-state index contributed by atoms with van der Waals surface area (Å²) < 4.78 is 5.19. The van der Waals surface area contributed by atoms with Crippen LogP contribution in [0.1, 0.15) is 23.2 Å². The Balaban J connectivity index is 1.72. The van der Waals surface area contributed by atoms with Gasteiger partial charge in [-0.3, -0.25) is 14.5 Å². The molecule has 1 saturated heterocycles. The number of ether oxygens (including phenoxy) is 1. The van der Waals surface area contributed by atoms with Gasteiger partial charge in [0.2, 0.25) is 5.91 Å². The van der Waals surface area contributed by atoms with E-state index in [4.69, 9.17) is 4.74 Å². The smallest absolute Gasteiger partial charge is 0.234 e. The van der Waals surface area contributed by atoms with Crippen LogP contribution >= 0.6 is 0 Å². The Morgan fingerprint density at radius 1 is 1.32 bits per heavy atom. The van der Waals surface area contributed by atoms with E-state index in [1.54, 1.807) is 19.2 Å². The van der Waals surface area contributed by atoms with E-state index in [2.05, 4.69) is 10.2 Å². The fraction of sp³-hybridized carbons (Fsp3) is 0.529. The first-order valence-corrected chi connectivity index (χ1v) is 7.75. The Bertz CT molecular complexity index is 488. The number of benzene rings is 1. The third-order valence-electron chi connectivity index (χ3n) is 3.91. The number of rotatable bonds is 7. The topological polar surface area (TPSA) is 58.6 Å². The molecule has 0 saturated carbocycles. The van der Waals surface area contributed by atoms with Gasteiger partial charge in [-0.2, -0.15) is 0 Å². The Morgan fingerprint density at radius 3 is 2.82 bits per heavy atom. The van der Waals surface area contributed by atoms with Gasteiger partial charge in [0.25, 0.3) is 0 Å². The van der Waals surface area contributed by atoms with Crippen molar-refractivity contribution in [3.05, 3.63) is 35.9 Å². The van der Waals surface area contributed by atoms with Crippen LogP contribution in [0.3, 0.4) is 0 Å². The summed E-state index contributed by atoms with van der Waals surface area (Å²) in [4.78, 5) is 26.0. The van der Waals surface area contributed by atoms with Gasteiger partial charge in [0.05, 0.1) is 19.7 Å². The standard InChI is InChI=1S/C17H24N2O3/c1-22-13-14-6-5-9-19(11-14)12-17(21)18-10-16(20)15-7-3-2-4-8-15/h2-4,7-8,14H,5-6,9-13H2,1H3,(H,18,21)/t14-/m1/s1. The van der Waals surface area contributed by atoms with Crippen molar-refractivity contribution in [1.82, 2.24) is 10.2 Å². The van der Waals surface area contributed by atoms with Crippen molar-refractivity contribution >= 4 is 11.7 Å². The van der Waals surface area contributed by atoms with Crippen molar-refractivity contribution in [2.24, 2.45) is 5.92 Å². The molecule has 120 valence electrons. The zero-order valence-corrected chi connectivity index (χ0v) is 13.1. The molecule has 0 aromatic heterocycles. The number of Topliss-reactive ketones (excluding diaryl/α,β-unsaturated/α-hetero) is 1. The highest BCUT2D eigenvalue weighted by Gasteiger charge is 2.21. The van der Waals surface area contributed by atoms with Gasteiger partial charge in [-0.15, -0.1) is 0 Å². The van der Waals surface area contributed by atoms with Crippen LogP contribution in [0.4, 0.5) is 0 Å². The van der Waals surface area contributed by atoms with Crippen LogP contribution in [0, 0.1) is 5.92 Å². The molecule has 5 heteroatoms. The van der Waals surface area contributed by atoms with Crippen LogP contribution in [-0.2, 0) is 9.53 Å². The molecule has 1 heterocycles. The molecule has 1 aromatic rings. The lowest BCUT2D eigenvalue weighted by molar-refractivity contribution is -0.122. The summed E-state index contributed by atoms with van der Waals surface area (Å²) in [5.74, 6) is 0.338. The highest BCUT2D eigenvalue weighted by Crippen LogP contribution is 2.16. The van der Waals surface area contributed by atoms with E-state index in [1.165, 1.54) is 0 Å². The number of carbonyl (C=O) groups is 2. The maximum absolute atomic E-state index is 12.0. The predicted molar refractivity (Wildman–Crippen MR) is 84.8 cm³/mol. The molecule has 0 spiro atoms. The van der Waals surface area contributed by atoms with Crippen LogP contribution in [0.25, 0.3) is 0 Å². The lowest BCUT2D eigenvalue weighted by atomic mass is 9.99. The molecule has 5 nitrogen and oxygen atoms in total. The number of nitrogens with zero attached hydrogens (tertiary/aromatic N) is 1. The molecule has 0 bridgehead atoms. The predicted octanol–water partition coefficient (Wildman–Crippen LogP) is 1.34. The average Bonchev–Trinajstić information content (AvgIpc) is 2.54. The normalized spacial score (nSPS) is 18.9. The second kappa shape index (κ2) is 8.66. The molecule has 1 aliphatic rings. The minimum Gasteiger partial charge on any atom is -0.384 e. The lowest BCUT2D eigenvalue weighted by Crippen LogP contribution is -2.44. The van der Waals surface area contributed by atoms with Gasteiger partial charge >= 0.3 is 0 Å². The molecule has 0 unspecified atom stereocenters. The number of likely N-dealkylation sites (tertiary alicyclic amines) is 1. The van der Waals surface area contributed by atoms with E-state index in [9.17, 15) is 9.59 Å². The first-order valence-electron chi connectivity index (χ1n) is 7.75. The van der Waals surface area contributed by atoms with Crippen LogP contribution in [0.5, 0.6) is 0 Å². The summed E-state index contributed by atoms with van der Waals surface area (Å²) in [6.07, 6.45) is 2.24. The second-order valence-electron chi connectivity index (χ2n) is 5.76. The monoisotopic (exact) mass is 304 g/mol. The zero-order chi connectivity index (χ0) is 15.8. The van der Waals surface area contributed by atoms with Gasteiger partial charge in [-0.25, -0.2) is 0 Å². The Morgan fingerprint density at radius 2 is 2.09 bits per heavy atom. The molecule has 1 amide bonds. The average molecular weight is 304 g/mol. The molecule has 1 fully saturated rings. The van der Waals surface area contributed by atoms with Gasteiger partial charge in [0, 0.05) is 19.2 Å². The van der Waals surface area contributed by atoms with Crippen molar-refractivity contribution in [3.8, 4) is 0 Å². The first-order chi connectivity index (χ1) is 10.7. The summed E-state index contributed by atoms with van der Waals surface area (Å²) in [6.45, 7) is 2.96. The number of hydrogen-bond donors (Lipinski definition) is 1. The van der Waals surface area contributed by atoms with Crippen molar-refractivity contribution in [1.29, 1.82) is 0 Å². The van der Waals surface area contributed by atoms with Gasteiger partial charge in [0.15, 0.2) is 5.78 Å². The van der Waals surface area contributed by atoms with Crippen LogP contribution in [0.2, 0.25) is 0 Å². The van der Waals surface area contributed by atoms with E-state index >= 15 is 0 Å². The molecular formula is C17H24N2O3. The summed E-state index contributed by atoms with van der Waals surface area (Å²) in [7, 11) is 1.71. The molecule has 1 aliphatic heterocycles. The minimum absolute atomic E-state index is 0.0538. The van der Waals surface area contributed by atoms with Crippen molar-refractivity contribution < 1.29 is 14.3 Å². The molecular weight excluding hydrogens is 280 g/mol. The quantitative estimate of drug-likeness (QED) is 0.773. The number of nitrogens with one attached hydrogen (secondary N) is 1. The number of methoxy groups -OCH3 is 1. The number of amides is 1. The molecule has 0 radical (unpaired) electrons. The fourth-order valence-corrected chi connectivity index (χ4v) is 2.83. The number of hydrogen-bond acceptors (Lipinski definition) is 4. The van der Waals surface area contributed by atoms with E-state index in [1.807, 2.05) is 18.2 Å².